The van der Waals surface area contributed by atoms with Crippen molar-refractivity contribution in [2.45, 2.75) is 32.1 Å². The third-order valence-electron chi connectivity index (χ3n) is 4.22. The van der Waals surface area contributed by atoms with Gasteiger partial charge < -0.3 is 10.2 Å². The van der Waals surface area contributed by atoms with Crippen LogP contribution in [0.3, 0.4) is 0 Å². The molecule has 1 N–H and O–H groups in total. The first-order chi connectivity index (χ1) is 9.49. The minimum atomic E-state index is -0.0835. The normalized spacial score (nSPS) is 20.1. The van der Waals surface area contributed by atoms with Gasteiger partial charge in [-0.15, -0.1) is 0 Å². The highest BCUT2D eigenvalue weighted by molar-refractivity contribution is 6.32. The Labute approximate surface area is 125 Å². The van der Waals surface area contributed by atoms with Crippen molar-refractivity contribution in [1.82, 2.24) is 5.32 Å². The molecule has 1 aliphatic heterocycles. The van der Waals surface area contributed by atoms with Crippen LogP contribution in [-0.4, -0.2) is 25.5 Å². The molecule has 1 saturated carbocycles. The van der Waals surface area contributed by atoms with E-state index < -0.39 is 0 Å². The summed E-state index contributed by atoms with van der Waals surface area (Å²) in [6, 6.07) is 5.82. The number of hydrogen-bond donors (Lipinski definition) is 1. The third-order valence-corrected chi connectivity index (χ3v) is 4.53. The Morgan fingerprint density at radius 1 is 1.45 bits per heavy atom. The fourth-order valence-electron chi connectivity index (χ4n) is 2.99. The fourth-order valence-corrected chi connectivity index (χ4v) is 3.42. The number of halogens is 1. The Hall–Kier alpha value is -1.06. The Morgan fingerprint density at radius 3 is 2.90 bits per heavy atom. The summed E-state index contributed by atoms with van der Waals surface area (Å²) in [6.45, 7) is 6.37. The standard InChI is InChI=1S/C16H21ClN2O/c1-16(2)10-19(13-5-3-4-12(17)15(13)16)14(20)9-18-8-11-6-7-11/h3-5,11,18H,6-10H2,1-2H3. The minimum absolute atomic E-state index is 0.0835. The number of nitrogens with zero attached hydrogens (tertiary/aromatic N) is 1. The summed E-state index contributed by atoms with van der Waals surface area (Å²) in [5, 5.41) is 4.03. The van der Waals surface area contributed by atoms with E-state index in [-0.39, 0.29) is 11.3 Å². The molecule has 3 nitrogen and oxygen atoms in total. The lowest BCUT2D eigenvalue weighted by molar-refractivity contribution is -0.117. The predicted molar refractivity (Wildman–Crippen MR) is 82.4 cm³/mol. The van der Waals surface area contributed by atoms with Crippen LogP contribution in [0, 0.1) is 5.92 Å². The van der Waals surface area contributed by atoms with E-state index in [2.05, 4.69) is 19.2 Å². The number of rotatable bonds is 4. The number of fused-ring (bicyclic) bond motifs is 1. The zero-order valence-electron chi connectivity index (χ0n) is 12.1. The van der Waals surface area contributed by atoms with Crippen molar-refractivity contribution in [3.63, 3.8) is 0 Å². The van der Waals surface area contributed by atoms with Gasteiger partial charge >= 0.3 is 0 Å². The van der Waals surface area contributed by atoms with Crippen LogP contribution < -0.4 is 10.2 Å². The van der Waals surface area contributed by atoms with Gasteiger partial charge in [0.05, 0.1) is 6.54 Å². The summed E-state index contributed by atoms with van der Waals surface area (Å²) in [7, 11) is 0. The molecule has 1 aromatic carbocycles. The molecule has 1 amide bonds. The minimum Gasteiger partial charge on any atom is -0.310 e. The summed E-state index contributed by atoms with van der Waals surface area (Å²) in [4.78, 5) is 14.3. The highest BCUT2D eigenvalue weighted by Gasteiger charge is 2.39. The maximum Gasteiger partial charge on any atom is 0.240 e. The highest BCUT2D eigenvalue weighted by Crippen LogP contribution is 2.44. The lowest BCUT2D eigenvalue weighted by atomic mass is 9.87. The van der Waals surface area contributed by atoms with Crippen molar-refractivity contribution < 1.29 is 4.79 Å². The van der Waals surface area contributed by atoms with Gasteiger partial charge in [-0.1, -0.05) is 31.5 Å². The van der Waals surface area contributed by atoms with Gasteiger partial charge in [-0.05, 0) is 37.4 Å². The Bertz CT molecular complexity index is 537. The number of carbonyl (C=O) groups excluding carboxylic acids is 1. The number of benzene rings is 1. The second-order valence-corrected chi connectivity index (χ2v) is 6.98. The van der Waals surface area contributed by atoms with Crippen molar-refractivity contribution in [1.29, 1.82) is 0 Å². The zero-order chi connectivity index (χ0) is 14.3. The molecule has 0 saturated heterocycles. The maximum absolute atomic E-state index is 12.4. The number of nitrogens with one attached hydrogen (secondary N) is 1. The van der Waals surface area contributed by atoms with Crippen LogP contribution >= 0.6 is 11.6 Å². The average Bonchev–Trinajstić information content (AvgIpc) is 3.15. The molecule has 0 bridgehead atoms. The number of anilines is 1. The summed E-state index contributed by atoms with van der Waals surface area (Å²) in [5.41, 5.74) is 1.98. The van der Waals surface area contributed by atoms with E-state index in [4.69, 9.17) is 11.6 Å². The second-order valence-electron chi connectivity index (χ2n) is 6.57. The molecule has 1 aliphatic carbocycles. The number of amides is 1. The van der Waals surface area contributed by atoms with Crippen molar-refractivity contribution in [2.75, 3.05) is 24.5 Å². The molecule has 1 heterocycles. The molecule has 0 unspecified atom stereocenters. The van der Waals surface area contributed by atoms with Gasteiger partial charge in [0.25, 0.3) is 0 Å². The van der Waals surface area contributed by atoms with E-state index >= 15 is 0 Å². The van der Waals surface area contributed by atoms with Crippen molar-refractivity contribution >= 4 is 23.2 Å². The molecule has 20 heavy (non-hydrogen) atoms. The summed E-state index contributed by atoms with van der Waals surface area (Å²) in [5.74, 6) is 0.930. The predicted octanol–water partition coefficient (Wildman–Crippen LogP) is 2.96. The number of hydrogen-bond acceptors (Lipinski definition) is 2. The molecule has 2 aliphatic rings. The molecule has 3 rings (SSSR count). The van der Waals surface area contributed by atoms with Gasteiger partial charge in [0, 0.05) is 28.2 Å². The van der Waals surface area contributed by atoms with Crippen LogP contribution in [0.1, 0.15) is 32.3 Å². The molecule has 1 fully saturated rings. The van der Waals surface area contributed by atoms with Crippen molar-refractivity contribution in [2.24, 2.45) is 5.92 Å². The first-order valence-electron chi connectivity index (χ1n) is 7.29. The molecule has 0 aromatic heterocycles. The van der Waals surface area contributed by atoms with Crippen LogP contribution in [0.5, 0.6) is 0 Å². The zero-order valence-corrected chi connectivity index (χ0v) is 12.8. The second kappa shape index (κ2) is 5.05. The van der Waals surface area contributed by atoms with Gasteiger partial charge in [0.1, 0.15) is 0 Å². The van der Waals surface area contributed by atoms with Crippen LogP contribution in [-0.2, 0) is 10.2 Å². The molecule has 4 heteroatoms. The molecule has 1 aromatic rings. The monoisotopic (exact) mass is 292 g/mol. The third kappa shape index (κ3) is 2.57. The Balaban J connectivity index is 1.75. The SMILES string of the molecule is CC1(C)CN(C(=O)CNCC2CC2)c2cccc(Cl)c21. The largest absolute Gasteiger partial charge is 0.310 e. The van der Waals surface area contributed by atoms with E-state index in [0.29, 0.717) is 13.1 Å². The molecular weight excluding hydrogens is 272 g/mol. The van der Waals surface area contributed by atoms with Gasteiger partial charge in [-0.3, -0.25) is 4.79 Å². The van der Waals surface area contributed by atoms with Gasteiger partial charge in [0.2, 0.25) is 5.91 Å². The smallest absolute Gasteiger partial charge is 0.240 e. The molecule has 0 spiro atoms. The molecule has 108 valence electrons. The van der Waals surface area contributed by atoms with Crippen LogP contribution in [0.15, 0.2) is 18.2 Å². The lowest BCUT2D eigenvalue weighted by Gasteiger charge is -2.21. The van der Waals surface area contributed by atoms with Gasteiger partial charge in [-0.25, -0.2) is 0 Å². The van der Waals surface area contributed by atoms with Crippen LogP contribution in [0.25, 0.3) is 0 Å². The summed E-state index contributed by atoms with van der Waals surface area (Å²) in [6.07, 6.45) is 2.60. The first kappa shape index (κ1) is 13.9. The summed E-state index contributed by atoms with van der Waals surface area (Å²) < 4.78 is 0. The van der Waals surface area contributed by atoms with Crippen molar-refractivity contribution in [3.8, 4) is 0 Å². The highest BCUT2D eigenvalue weighted by atomic mass is 35.5. The van der Waals surface area contributed by atoms with E-state index in [9.17, 15) is 4.79 Å². The van der Waals surface area contributed by atoms with Crippen molar-refractivity contribution in [3.05, 3.63) is 28.8 Å². The molecule has 0 radical (unpaired) electrons. The van der Waals surface area contributed by atoms with Gasteiger partial charge in [-0.2, -0.15) is 0 Å². The van der Waals surface area contributed by atoms with Crippen LogP contribution in [0.4, 0.5) is 5.69 Å². The first-order valence-corrected chi connectivity index (χ1v) is 7.67. The van der Waals surface area contributed by atoms with E-state index in [1.54, 1.807) is 0 Å². The Kier molecular flexibility index (Phi) is 3.51. The maximum atomic E-state index is 12.4. The fraction of sp³-hybridized carbons (Fsp3) is 0.562. The van der Waals surface area contributed by atoms with E-state index in [1.165, 1.54) is 12.8 Å². The number of carbonyl (C=O) groups is 1. The summed E-state index contributed by atoms with van der Waals surface area (Å²) >= 11 is 6.32. The quantitative estimate of drug-likeness (QED) is 0.925. The Morgan fingerprint density at radius 2 is 2.20 bits per heavy atom. The van der Waals surface area contributed by atoms with Crippen LogP contribution in [0.2, 0.25) is 5.02 Å². The van der Waals surface area contributed by atoms with Gasteiger partial charge in [0.15, 0.2) is 0 Å². The topological polar surface area (TPSA) is 32.3 Å². The average molecular weight is 293 g/mol. The molecular formula is C16H21ClN2O. The molecule has 0 atom stereocenters. The lowest BCUT2D eigenvalue weighted by Crippen LogP contribution is -2.40. The van der Waals surface area contributed by atoms with E-state index in [0.717, 1.165) is 28.7 Å². The van der Waals surface area contributed by atoms with E-state index in [1.807, 2.05) is 23.1 Å².